The zero-order valence-electron chi connectivity index (χ0n) is 6.50. The Hall–Kier alpha value is -0.730. The van der Waals surface area contributed by atoms with Crippen LogP contribution in [0.1, 0.15) is 19.8 Å². The lowest BCUT2D eigenvalue weighted by Gasteiger charge is -2.28. The summed E-state index contributed by atoms with van der Waals surface area (Å²) in [5.41, 5.74) is 0. The van der Waals surface area contributed by atoms with E-state index in [0.29, 0.717) is 6.04 Å². The van der Waals surface area contributed by atoms with Crippen molar-refractivity contribution in [3.63, 3.8) is 0 Å². The molecule has 0 N–H and O–H groups in total. The van der Waals surface area contributed by atoms with Gasteiger partial charge in [0, 0.05) is 25.7 Å². The maximum absolute atomic E-state index is 11.0. The lowest BCUT2D eigenvalue weighted by atomic mass is 10.2. The first-order chi connectivity index (χ1) is 4.75. The van der Waals surface area contributed by atoms with Gasteiger partial charge >= 0.3 is 0 Å². The lowest BCUT2D eigenvalue weighted by Crippen LogP contribution is -2.41. The molecule has 58 valence electrons. The van der Waals surface area contributed by atoms with Crippen LogP contribution in [0.15, 0.2) is 4.99 Å². The second-order valence-electron chi connectivity index (χ2n) is 2.69. The van der Waals surface area contributed by atoms with Crippen LogP contribution in [0.3, 0.4) is 0 Å². The zero-order chi connectivity index (χ0) is 7.56. The van der Waals surface area contributed by atoms with Gasteiger partial charge in [-0.3, -0.25) is 4.99 Å². The molecular formula is C7H13N2O-. The zero-order valence-corrected chi connectivity index (χ0v) is 6.50. The van der Waals surface area contributed by atoms with Gasteiger partial charge in [0.1, 0.15) is 0 Å². The average Bonchev–Trinajstić information content (AvgIpc) is 2.34. The van der Waals surface area contributed by atoms with Crippen LogP contribution in [-0.2, 0) is 0 Å². The molecule has 0 spiro atoms. The Labute approximate surface area is 61.4 Å². The highest BCUT2D eigenvalue weighted by Gasteiger charge is 2.18. The van der Waals surface area contributed by atoms with Crippen molar-refractivity contribution in [3.8, 4) is 0 Å². The van der Waals surface area contributed by atoms with Crippen LogP contribution in [0.25, 0.3) is 0 Å². The van der Waals surface area contributed by atoms with Crippen molar-refractivity contribution in [1.29, 1.82) is 0 Å². The maximum atomic E-state index is 11.0. The summed E-state index contributed by atoms with van der Waals surface area (Å²) in [6.07, 6.45) is 2.25. The Kier molecular flexibility index (Phi) is 2.14. The third-order valence-electron chi connectivity index (χ3n) is 1.99. The Balaban J connectivity index is 2.55. The molecule has 0 aromatic heterocycles. The highest BCUT2D eigenvalue weighted by Crippen LogP contribution is 2.14. The SMILES string of the molecule is CN=C([O-])N1CCCC1C. The molecule has 1 heterocycles. The topological polar surface area (TPSA) is 38.7 Å². The molecule has 10 heavy (non-hydrogen) atoms. The monoisotopic (exact) mass is 141 g/mol. The largest absolute Gasteiger partial charge is 0.846 e. The normalized spacial score (nSPS) is 27.6. The van der Waals surface area contributed by atoms with Gasteiger partial charge < -0.3 is 10.0 Å². The molecule has 3 heteroatoms. The van der Waals surface area contributed by atoms with E-state index >= 15 is 0 Å². The van der Waals surface area contributed by atoms with E-state index in [2.05, 4.69) is 11.9 Å². The summed E-state index contributed by atoms with van der Waals surface area (Å²) in [4.78, 5) is 5.43. The molecule has 1 fully saturated rings. The molecule has 0 saturated carbocycles. The molecule has 1 aliphatic rings. The van der Waals surface area contributed by atoms with Crippen molar-refractivity contribution >= 4 is 6.02 Å². The van der Waals surface area contributed by atoms with E-state index < -0.39 is 0 Å². The smallest absolute Gasteiger partial charge is 0.0497 e. The first-order valence-electron chi connectivity index (χ1n) is 3.66. The van der Waals surface area contributed by atoms with E-state index in [1.807, 2.05) is 4.90 Å². The van der Waals surface area contributed by atoms with Crippen LogP contribution in [0.5, 0.6) is 0 Å². The van der Waals surface area contributed by atoms with E-state index in [-0.39, 0.29) is 6.02 Å². The molecular weight excluding hydrogens is 128 g/mol. The van der Waals surface area contributed by atoms with Crippen molar-refractivity contribution in [1.82, 2.24) is 4.90 Å². The fourth-order valence-electron chi connectivity index (χ4n) is 1.35. The third-order valence-corrected chi connectivity index (χ3v) is 1.99. The average molecular weight is 141 g/mol. The van der Waals surface area contributed by atoms with Crippen molar-refractivity contribution < 1.29 is 5.11 Å². The number of rotatable bonds is 0. The van der Waals surface area contributed by atoms with Gasteiger partial charge in [0.15, 0.2) is 0 Å². The predicted octanol–water partition coefficient (Wildman–Crippen LogP) is -0.183. The fraction of sp³-hybridized carbons (Fsp3) is 0.857. The quantitative estimate of drug-likeness (QED) is 0.346. The van der Waals surface area contributed by atoms with E-state index in [0.717, 1.165) is 19.4 Å². The van der Waals surface area contributed by atoms with Gasteiger partial charge in [0.05, 0.1) is 0 Å². The molecule has 0 aromatic carbocycles. The number of hydrogen-bond donors (Lipinski definition) is 0. The number of hydrogen-bond acceptors (Lipinski definition) is 2. The first-order valence-corrected chi connectivity index (χ1v) is 3.66. The number of likely N-dealkylation sites (tertiary alicyclic amines) is 1. The highest BCUT2D eigenvalue weighted by molar-refractivity contribution is 5.69. The Morgan fingerprint density at radius 3 is 2.80 bits per heavy atom. The Morgan fingerprint density at radius 1 is 1.70 bits per heavy atom. The molecule has 1 unspecified atom stereocenters. The molecule has 0 bridgehead atoms. The van der Waals surface area contributed by atoms with Gasteiger partial charge in [0.2, 0.25) is 0 Å². The minimum absolute atomic E-state index is 0.0648. The molecule has 0 radical (unpaired) electrons. The van der Waals surface area contributed by atoms with Gasteiger partial charge in [0.25, 0.3) is 0 Å². The van der Waals surface area contributed by atoms with Crippen molar-refractivity contribution in [2.75, 3.05) is 13.6 Å². The van der Waals surface area contributed by atoms with Crippen LogP contribution < -0.4 is 5.11 Å². The van der Waals surface area contributed by atoms with Gasteiger partial charge in [-0.15, -0.1) is 0 Å². The second-order valence-corrected chi connectivity index (χ2v) is 2.69. The van der Waals surface area contributed by atoms with Crippen molar-refractivity contribution in [2.45, 2.75) is 25.8 Å². The van der Waals surface area contributed by atoms with Crippen molar-refractivity contribution in [2.24, 2.45) is 4.99 Å². The summed E-state index contributed by atoms with van der Waals surface area (Å²) in [6.45, 7) is 2.95. The highest BCUT2D eigenvalue weighted by atomic mass is 16.3. The van der Waals surface area contributed by atoms with Gasteiger partial charge in [-0.25, -0.2) is 0 Å². The van der Waals surface area contributed by atoms with Crippen LogP contribution in [-0.4, -0.2) is 30.6 Å². The summed E-state index contributed by atoms with van der Waals surface area (Å²) in [5.74, 6) is 0. The number of amidine groups is 1. The summed E-state index contributed by atoms with van der Waals surface area (Å²) < 4.78 is 0. The van der Waals surface area contributed by atoms with Crippen LogP contribution in [0, 0.1) is 0 Å². The van der Waals surface area contributed by atoms with E-state index in [1.165, 1.54) is 0 Å². The summed E-state index contributed by atoms with van der Waals surface area (Å²) in [6, 6.07) is 0.334. The predicted molar refractivity (Wildman–Crippen MR) is 38.8 cm³/mol. The summed E-state index contributed by atoms with van der Waals surface area (Å²) in [7, 11) is 1.55. The second kappa shape index (κ2) is 2.90. The molecule has 0 aliphatic carbocycles. The van der Waals surface area contributed by atoms with Crippen LogP contribution in [0.4, 0.5) is 0 Å². The van der Waals surface area contributed by atoms with E-state index in [1.54, 1.807) is 7.05 Å². The molecule has 3 nitrogen and oxygen atoms in total. The van der Waals surface area contributed by atoms with Crippen molar-refractivity contribution in [3.05, 3.63) is 0 Å². The lowest BCUT2D eigenvalue weighted by molar-refractivity contribution is -0.235. The number of aliphatic imine (C=N–C) groups is 1. The maximum Gasteiger partial charge on any atom is 0.0497 e. The summed E-state index contributed by atoms with van der Waals surface area (Å²) in [5, 5.41) is 11.0. The Morgan fingerprint density at radius 2 is 2.40 bits per heavy atom. The van der Waals surface area contributed by atoms with E-state index in [9.17, 15) is 5.11 Å². The summed E-state index contributed by atoms with van der Waals surface area (Å²) >= 11 is 0. The molecule has 0 aromatic rings. The fourth-order valence-corrected chi connectivity index (χ4v) is 1.35. The molecule has 1 rings (SSSR count). The molecule has 1 aliphatic heterocycles. The minimum atomic E-state index is -0.0648. The van der Waals surface area contributed by atoms with Gasteiger partial charge in [-0.1, -0.05) is 0 Å². The van der Waals surface area contributed by atoms with Crippen LogP contribution in [0.2, 0.25) is 0 Å². The van der Waals surface area contributed by atoms with Gasteiger partial charge in [-0.05, 0) is 19.8 Å². The first kappa shape index (κ1) is 7.38. The molecule has 0 amide bonds. The van der Waals surface area contributed by atoms with E-state index in [4.69, 9.17) is 0 Å². The molecule has 1 atom stereocenters. The standard InChI is InChI=1S/C7H14N2O/c1-6-4-3-5-9(6)7(10)8-2/h6H,3-5H2,1-2H3,(H,8,10)/p-1. The third kappa shape index (κ3) is 1.23. The van der Waals surface area contributed by atoms with Crippen LogP contribution >= 0.6 is 0 Å². The Bertz CT molecular complexity index is 145. The minimum Gasteiger partial charge on any atom is -0.846 e. The number of nitrogens with zero attached hydrogens (tertiary/aromatic N) is 2. The van der Waals surface area contributed by atoms with Gasteiger partial charge in [-0.2, -0.15) is 0 Å². The molecule has 1 saturated heterocycles.